The van der Waals surface area contributed by atoms with E-state index in [1.54, 1.807) is 0 Å². The maximum absolute atomic E-state index is 4.73. The maximum Gasteiger partial charge on any atom is 0.181 e. The Morgan fingerprint density at radius 3 is 2.63 bits per heavy atom. The van der Waals surface area contributed by atoms with Crippen molar-refractivity contribution in [3.63, 3.8) is 0 Å². The minimum absolute atomic E-state index is 0.584. The minimum atomic E-state index is 0.584. The standard InChI is InChI=1S/C16H21N3/c1-11-8-9-14(12(2)10-11)16-17-15(18-19-16)13-6-4-3-5-7-13/h8-10,13H,3-7H2,1-2H3,(H,17,18,19). The molecule has 1 aromatic heterocycles. The summed E-state index contributed by atoms with van der Waals surface area (Å²) in [5.74, 6) is 2.51. The molecule has 0 radical (unpaired) electrons. The highest BCUT2D eigenvalue weighted by Crippen LogP contribution is 2.31. The molecule has 2 aromatic rings. The van der Waals surface area contributed by atoms with Crippen LogP contribution in [0.1, 0.15) is 55.0 Å². The number of hydrogen-bond acceptors (Lipinski definition) is 2. The van der Waals surface area contributed by atoms with Gasteiger partial charge in [-0.1, -0.05) is 43.0 Å². The molecular weight excluding hydrogens is 234 g/mol. The number of rotatable bonds is 2. The van der Waals surface area contributed by atoms with E-state index in [0.717, 1.165) is 17.2 Å². The lowest BCUT2D eigenvalue weighted by atomic mass is 9.89. The highest BCUT2D eigenvalue weighted by Gasteiger charge is 2.19. The monoisotopic (exact) mass is 255 g/mol. The van der Waals surface area contributed by atoms with Crippen LogP contribution in [-0.4, -0.2) is 15.2 Å². The number of benzene rings is 1. The number of nitrogens with one attached hydrogen (secondary N) is 1. The van der Waals surface area contributed by atoms with Gasteiger partial charge in [0.2, 0.25) is 0 Å². The molecule has 1 aliphatic rings. The molecule has 1 heterocycles. The fourth-order valence-electron chi connectivity index (χ4n) is 3.02. The van der Waals surface area contributed by atoms with Crippen molar-refractivity contribution in [2.45, 2.75) is 51.9 Å². The van der Waals surface area contributed by atoms with E-state index in [-0.39, 0.29) is 0 Å². The van der Waals surface area contributed by atoms with E-state index < -0.39 is 0 Å². The Bertz CT molecular complexity index is 565. The molecule has 1 aliphatic carbocycles. The van der Waals surface area contributed by atoms with Gasteiger partial charge in [0.1, 0.15) is 5.82 Å². The predicted octanol–water partition coefficient (Wildman–Crippen LogP) is 4.14. The minimum Gasteiger partial charge on any atom is -0.262 e. The second-order valence-corrected chi connectivity index (χ2v) is 5.70. The van der Waals surface area contributed by atoms with E-state index >= 15 is 0 Å². The number of hydrogen-bond donors (Lipinski definition) is 1. The molecule has 1 fully saturated rings. The lowest BCUT2D eigenvalue weighted by molar-refractivity contribution is 0.429. The number of aromatic amines is 1. The topological polar surface area (TPSA) is 41.6 Å². The second kappa shape index (κ2) is 5.16. The summed E-state index contributed by atoms with van der Waals surface area (Å²) in [5.41, 5.74) is 3.67. The molecule has 1 saturated carbocycles. The van der Waals surface area contributed by atoms with Gasteiger partial charge in [-0.25, -0.2) is 4.98 Å². The first kappa shape index (κ1) is 12.4. The van der Waals surface area contributed by atoms with Gasteiger partial charge in [-0.15, -0.1) is 0 Å². The first-order chi connectivity index (χ1) is 9.24. The van der Waals surface area contributed by atoms with Gasteiger partial charge in [0.15, 0.2) is 5.82 Å². The third-order valence-electron chi connectivity index (χ3n) is 4.12. The van der Waals surface area contributed by atoms with E-state index in [1.165, 1.54) is 43.2 Å². The van der Waals surface area contributed by atoms with Crippen molar-refractivity contribution >= 4 is 0 Å². The summed E-state index contributed by atoms with van der Waals surface area (Å²) in [6.45, 7) is 4.24. The summed E-state index contributed by atoms with van der Waals surface area (Å²) in [4.78, 5) is 4.73. The summed E-state index contributed by atoms with van der Waals surface area (Å²) in [6, 6.07) is 6.43. The van der Waals surface area contributed by atoms with Crippen LogP contribution in [0, 0.1) is 13.8 Å². The molecule has 0 spiro atoms. The van der Waals surface area contributed by atoms with Crippen molar-refractivity contribution in [1.29, 1.82) is 0 Å². The van der Waals surface area contributed by atoms with E-state index in [9.17, 15) is 0 Å². The summed E-state index contributed by atoms with van der Waals surface area (Å²) < 4.78 is 0. The van der Waals surface area contributed by atoms with Gasteiger partial charge >= 0.3 is 0 Å². The van der Waals surface area contributed by atoms with Crippen LogP contribution in [0.5, 0.6) is 0 Å². The van der Waals surface area contributed by atoms with Crippen LogP contribution < -0.4 is 0 Å². The molecule has 0 amide bonds. The average molecular weight is 255 g/mol. The van der Waals surface area contributed by atoms with Crippen LogP contribution in [0.3, 0.4) is 0 Å². The van der Waals surface area contributed by atoms with E-state index in [0.29, 0.717) is 5.92 Å². The van der Waals surface area contributed by atoms with Gasteiger partial charge in [0, 0.05) is 11.5 Å². The number of nitrogens with zero attached hydrogens (tertiary/aromatic N) is 2. The molecule has 1 aromatic carbocycles. The second-order valence-electron chi connectivity index (χ2n) is 5.70. The molecule has 0 unspecified atom stereocenters. The largest absolute Gasteiger partial charge is 0.262 e. The summed E-state index contributed by atoms with van der Waals surface area (Å²) in [5, 5.41) is 7.57. The maximum atomic E-state index is 4.73. The zero-order chi connectivity index (χ0) is 13.2. The Kier molecular flexibility index (Phi) is 3.36. The van der Waals surface area contributed by atoms with Crippen molar-refractivity contribution in [2.75, 3.05) is 0 Å². The molecule has 0 saturated heterocycles. The van der Waals surface area contributed by atoms with Crippen molar-refractivity contribution in [1.82, 2.24) is 15.2 Å². The molecular formula is C16H21N3. The molecule has 0 bridgehead atoms. The van der Waals surface area contributed by atoms with Crippen LogP contribution in [-0.2, 0) is 0 Å². The zero-order valence-corrected chi connectivity index (χ0v) is 11.7. The lowest BCUT2D eigenvalue weighted by Crippen LogP contribution is -2.06. The number of aromatic nitrogens is 3. The molecule has 1 N–H and O–H groups in total. The Morgan fingerprint density at radius 1 is 1.11 bits per heavy atom. The Balaban J connectivity index is 1.87. The third kappa shape index (κ3) is 2.55. The fraction of sp³-hybridized carbons (Fsp3) is 0.500. The Hall–Kier alpha value is -1.64. The van der Waals surface area contributed by atoms with Gasteiger partial charge in [0.05, 0.1) is 0 Å². The highest BCUT2D eigenvalue weighted by atomic mass is 15.2. The molecule has 100 valence electrons. The first-order valence-electron chi connectivity index (χ1n) is 7.24. The van der Waals surface area contributed by atoms with Gasteiger partial charge in [-0.3, -0.25) is 5.10 Å². The quantitative estimate of drug-likeness (QED) is 0.876. The average Bonchev–Trinajstić information content (AvgIpc) is 2.89. The molecule has 0 aliphatic heterocycles. The number of aryl methyl sites for hydroxylation is 2. The van der Waals surface area contributed by atoms with Crippen molar-refractivity contribution in [3.05, 3.63) is 35.2 Å². The summed E-state index contributed by atoms with van der Waals surface area (Å²) in [6.07, 6.45) is 6.52. The fourth-order valence-corrected chi connectivity index (χ4v) is 3.02. The summed E-state index contributed by atoms with van der Waals surface area (Å²) in [7, 11) is 0. The van der Waals surface area contributed by atoms with E-state index in [1.807, 2.05) is 0 Å². The Morgan fingerprint density at radius 2 is 1.89 bits per heavy atom. The van der Waals surface area contributed by atoms with Crippen LogP contribution in [0.25, 0.3) is 11.4 Å². The van der Waals surface area contributed by atoms with Crippen molar-refractivity contribution in [3.8, 4) is 11.4 Å². The van der Waals surface area contributed by atoms with E-state index in [4.69, 9.17) is 4.98 Å². The van der Waals surface area contributed by atoms with Crippen molar-refractivity contribution in [2.24, 2.45) is 0 Å². The van der Waals surface area contributed by atoms with Gasteiger partial charge in [0.25, 0.3) is 0 Å². The molecule has 3 heteroatoms. The molecule has 3 rings (SSSR count). The van der Waals surface area contributed by atoms with Gasteiger partial charge in [-0.05, 0) is 32.3 Å². The normalized spacial score (nSPS) is 16.7. The molecule has 3 nitrogen and oxygen atoms in total. The smallest absolute Gasteiger partial charge is 0.181 e. The first-order valence-corrected chi connectivity index (χ1v) is 7.24. The predicted molar refractivity (Wildman–Crippen MR) is 77.1 cm³/mol. The van der Waals surface area contributed by atoms with Gasteiger partial charge < -0.3 is 0 Å². The SMILES string of the molecule is Cc1ccc(-c2n[nH]c(C3CCCCC3)n2)c(C)c1. The lowest BCUT2D eigenvalue weighted by Gasteiger charge is -2.18. The van der Waals surface area contributed by atoms with Crippen molar-refractivity contribution < 1.29 is 0 Å². The van der Waals surface area contributed by atoms with Crippen LogP contribution in [0.2, 0.25) is 0 Å². The molecule has 0 atom stereocenters. The van der Waals surface area contributed by atoms with E-state index in [2.05, 4.69) is 42.2 Å². The van der Waals surface area contributed by atoms with Crippen LogP contribution in [0.15, 0.2) is 18.2 Å². The number of H-pyrrole nitrogens is 1. The van der Waals surface area contributed by atoms with Crippen LogP contribution in [0.4, 0.5) is 0 Å². The zero-order valence-electron chi connectivity index (χ0n) is 11.7. The third-order valence-corrected chi connectivity index (χ3v) is 4.12. The Labute approximate surface area is 114 Å². The molecule has 19 heavy (non-hydrogen) atoms. The van der Waals surface area contributed by atoms with Crippen LogP contribution >= 0.6 is 0 Å². The van der Waals surface area contributed by atoms with Gasteiger partial charge in [-0.2, -0.15) is 5.10 Å². The highest BCUT2D eigenvalue weighted by molar-refractivity contribution is 5.60. The summed E-state index contributed by atoms with van der Waals surface area (Å²) >= 11 is 0.